The molecule has 3 N–H and O–H groups in total. The third-order valence-corrected chi connectivity index (χ3v) is 4.39. The summed E-state index contributed by atoms with van der Waals surface area (Å²) >= 11 is 15.2. The molecule has 2 rings (SSSR count). The highest BCUT2D eigenvalue weighted by atomic mass is 79.9. The van der Waals surface area contributed by atoms with Crippen molar-refractivity contribution < 1.29 is 4.39 Å². The van der Waals surface area contributed by atoms with Crippen LogP contribution in [0.1, 0.15) is 17.2 Å². The van der Waals surface area contributed by atoms with Crippen molar-refractivity contribution in [3.05, 3.63) is 67.9 Å². The van der Waals surface area contributed by atoms with Gasteiger partial charge in [-0.3, -0.25) is 11.3 Å². The molecular weight excluding hydrogens is 366 g/mol. The molecule has 0 aliphatic rings. The van der Waals surface area contributed by atoms with Crippen LogP contribution in [-0.2, 0) is 6.42 Å². The second-order valence-corrected chi connectivity index (χ2v) is 6.01. The highest BCUT2D eigenvalue weighted by Crippen LogP contribution is 2.29. The van der Waals surface area contributed by atoms with E-state index in [1.54, 1.807) is 18.2 Å². The van der Waals surface area contributed by atoms with Crippen LogP contribution in [0.4, 0.5) is 4.39 Å². The van der Waals surface area contributed by atoms with E-state index in [4.69, 9.17) is 29.0 Å². The van der Waals surface area contributed by atoms with Gasteiger partial charge >= 0.3 is 0 Å². The van der Waals surface area contributed by atoms with Gasteiger partial charge in [0.05, 0.1) is 16.1 Å². The minimum absolute atomic E-state index is 0.165. The first-order chi connectivity index (χ1) is 9.51. The Bertz CT molecular complexity index is 622. The van der Waals surface area contributed by atoms with Crippen LogP contribution >= 0.6 is 39.1 Å². The van der Waals surface area contributed by atoms with E-state index >= 15 is 0 Å². The van der Waals surface area contributed by atoms with Crippen LogP contribution < -0.4 is 11.3 Å². The number of hydrogen-bond acceptors (Lipinski definition) is 2. The molecule has 0 aliphatic heterocycles. The van der Waals surface area contributed by atoms with Gasteiger partial charge in [0.25, 0.3) is 0 Å². The lowest BCUT2D eigenvalue weighted by Crippen LogP contribution is -2.29. The molecule has 0 amide bonds. The summed E-state index contributed by atoms with van der Waals surface area (Å²) < 4.78 is 13.8. The topological polar surface area (TPSA) is 38.0 Å². The fourth-order valence-electron chi connectivity index (χ4n) is 1.95. The van der Waals surface area contributed by atoms with Crippen molar-refractivity contribution in [2.24, 2.45) is 5.84 Å². The molecule has 2 aromatic carbocycles. The normalized spacial score (nSPS) is 12.4. The van der Waals surface area contributed by atoms with E-state index in [-0.39, 0.29) is 11.9 Å². The molecule has 1 atom stereocenters. The highest BCUT2D eigenvalue weighted by molar-refractivity contribution is 9.10. The Labute approximate surface area is 135 Å². The van der Waals surface area contributed by atoms with E-state index in [9.17, 15) is 4.39 Å². The van der Waals surface area contributed by atoms with Gasteiger partial charge in [-0.15, -0.1) is 0 Å². The maximum absolute atomic E-state index is 13.1. The smallest absolute Gasteiger partial charge is 0.124 e. The summed E-state index contributed by atoms with van der Waals surface area (Å²) in [5.41, 5.74) is 4.59. The SMILES string of the molecule is NNC(Cc1ccc(Cl)c(Cl)c1)c1ccc(F)cc1Br. The lowest BCUT2D eigenvalue weighted by Gasteiger charge is -2.18. The van der Waals surface area contributed by atoms with Crippen LogP contribution in [0.5, 0.6) is 0 Å². The molecule has 0 radical (unpaired) electrons. The van der Waals surface area contributed by atoms with Gasteiger partial charge < -0.3 is 0 Å². The number of halogens is 4. The van der Waals surface area contributed by atoms with Crippen LogP contribution in [0, 0.1) is 5.82 Å². The van der Waals surface area contributed by atoms with Crippen LogP contribution in [0.15, 0.2) is 40.9 Å². The molecule has 0 aromatic heterocycles. The third kappa shape index (κ3) is 3.71. The lowest BCUT2D eigenvalue weighted by atomic mass is 9.99. The quantitative estimate of drug-likeness (QED) is 0.601. The van der Waals surface area contributed by atoms with Gasteiger partial charge in [0.2, 0.25) is 0 Å². The maximum Gasteiger partial charge on any atom is 0.124 e. The predicted octanol–water partition coefficient (Wildman–Crippen LogP) is 4.64. The molecule has 0 fully saturated rings. The lowest BCUT2D eigenvalue weighted by molar-refractivity contribution is 0.547. The highest BCUT2D eigenvalue weighted by Gasteiger charge is 2.15. The molecule has 0 saturated heterocycles. The number of hydrazine groups is 1. The fraction of sp³-hybridized carbons (Fsp3) is 0.143. The first-order valence-corrected chi connectivity index (χ1v) is 7.41. The predicted molar refractivity (Wildman–Crippen MR) is 84.3 cm³/mol. The summed E-state index contributed by atoms with van der Waals surface area (Å²) in [7, 11) is 0. The average molecular weight is 378 g/mol. The second-order valence-electron chi connectivity index (χ2n) is 4.34. The van der Waals surface area contributed by atoms with Gasteiger partial charge in [0, 0.05) is 4.47 Å². The van der Waals surface area contributed by atoms with Crippen molar-refractivity contribution in [2.75, 3.05) is 0 Å². The van der Waals surface area contributed by atoms with E-state index in [1.165, 1.54) is 12.1 Å². The summed E-state index contributed by atoms with van der Waals surface area (Å²) in [5.74, 6) is 5.30. The van der Waals surface area contributed by atoms with Gasteiger partial charge in [-0.2, -0.15) is 0 Å². The first-order valence-electron chi connectivity index (χ1n) is 5.86. The summed E-state index contributed by atoms with van der Waals surface area (Å²) in [5, 5.41) is 1.01. The van der Waals surface area contributed by atoms with Crippen LogP contribution in [-0.4, -0.2) is 0 Å². The minimum atomic E-state index is -0.300. The largest absolute Gasteiger partial charge is 0.271 e. The zero-order valence-corrected chi connectivity index (χ0v) is 13.4. The molecule has 2 nitrogen and oxygen atoms in total. The van der Waals surface area contributed by atoms with E-state index in [0.29, 0.717) is 20.9 Å². The number of nitrogens with one attached hydrogen (secondary N) is 1. The van der Waals surface area contributed by atoms with Crippen LogP contribution in [0.3, 0.4) is 0 Å². The molecule has 0 spiro atoms. The standard InChI is InChI=1S/C14H12BrCl2FN2/c15-11-7-9(18)2-3-10(11)14(20-19)6-8-1-4-12(16)13(17)5-8/h1-5,7,14,20H,6,19H2. The Morgan fingerprint density at radius 3 is 2.50 bits per heavy atom. The van der Waals surface area contributed by atoms with Crippen LogP contribution in [0.25, 0.3) is 0 Å². The molecule has 2 aromatic rings. The van der Waals surface area contributed by atoms with Gasteiger partial charge in [0.15, 0.2) is 0 Å². The molecule has 0 aliphatic carbocycles. The molecular formula is C14H12BrCl2FN2. The van der Waals surface area contributed by atoms with Gasteiger partial charge in [-0.1, -0.05) is 51.3 Å². The Balaban J connectivity index is 2.26. The first kappa shape index (κ1) is 15.7. The summed E-state index contributed by atoms with van der Waals surface area (Å²) in [6.07, 6.45) is 0.609. The van der Waals surface area contributed by atoms with Crippen molar-refractivity contribution in [3.8, 4) is 0 Å². The van der Waals surface area contributed by atoms with Gasteiger partial charge in [-0.25, -0.2) is 4.39 Å². The summed E-state index contributed by atoms with van der Waals surface area (Å²) in [6, 6.07) is 9.77. The van der Waals surface area contributed by atoms with Crippen molar-refractivity contribution >= 4 is 39.1 Å². The van der Waals surface area contributed by atoms with Crippen molar-refractivity contribution in [3.63, 3.8) is 0 Å². The van der Waals surface area contributed by atoms with Gasteiger partial charge in [-0.05, 0) is 41.8 Å². The Morgan fingerprint density at radius 2 is 1.90 bits per heavy atom. The molecule has 106 valence electrons. The third-order valence-electron chi connectivity index (χ3n) is 2.96. The summed E-state index contributed by atoms with van der Waals surface area (Å²) in [6.45, 7) is 0. The number of nitrogens with two attached hydrogens (primary N) is 1. The minimum Gasteiger partial charge on any atom is -0.271 e. The van der Waals surface area contributed by atoms with Crippen LogP contribution in [0.2, 0.25) is 10.0 Å². The molecule has 20 heavy (non-hydrogen) atoms. The zero-order chi connectivity index (χ0) is 14.7. The fourth-order valence-corrected chi connectivity index (χ4v) is 2.89. The van der Waals surface area contributed by atoms with E-state index in [0.717, 1.165) is 11.1 Å². The number of rotatable bonds is 4. The summed E-state index contributed by atoms with van der Waals surface area (Å²) in [4.78, 5) is 0. The number of hydrogen-bond donors (Lipinski definition) is 2. The molecule has 0 heterocycles. The van der Waals surface area contributed by atoms with E-state index in [1.807, 2.05) is 6.07 Å². The van der Waals surface area contributed by atoms with Crippen molar-refractivity contribution in [2.45, 2.75) is 12.5 Å². The second kappa shape index (κ2) is 6.87. The average Bonchev–Trinajstić information content (AvgIpc) is 2.41. The molecule has 0 saturated carbocycles. The van der Waals surface area contributed by atoms with E-state index in [2.05, 4.69) is 21.4 Å². The number of benzene rings is 2. The Kier molecular flexibility index (Phi) is 5.41. The van der Waals surface area contributed by atoms with Crippen molar-refractivity contribution in [1.82, 2.24) is 5.43 Å². The maximum atomic E-state index is 13.1. The molecule has 6 heteroatoms. The molecule has 0 bridgehead atoms. The Morgan fingerprint density at radius 1 is 1.15 bits per heavy atom. The monoisotopic (exact) mass is 376 g/mol. The Hall–Kier alpha value is -0.650. The zero-order valence-electron chi connectivity index (χ0n) is 10.3. The van der Waals surface area contributed by atoms with Gasteiger partial charge in [0.1, 0.15) is 5.82 Å². The van der Waals surface area contributed by atoms with E-state index < -0.39 is 0 Å². The molecule has 1 unspecified atom stereocenters. The van der Waals surface area contributed by atoms with Crippen molar-refractivity contribution in [1.29, 1.82) is 0 Å².